The Morgan fingerprint density at radius 1 is 1.57 bits per heavy atom. The molecule has 2 N–H and O–H groups in total. The third-order valence-corrected chi connectivity index (χ3v) is 2.75. The molecule has 14 heavy (non-hydrogen) atoms. The lowest BCUT2D eigenvalue weighted by Gasteiger charge is -2.30. The Bertz CT molecular complexity index is 321. The smallest absolute Gasteiger partial charge is 0.124 e. The first-order valence-electron chi connectivity index (χ1n) is 4.87. The summed E-state index contributed by atoms with van der Waals surface area (Å²) in [6.45, 7) is 1.10. The van der Waals surface area contributed by atoms with Gasteiger partial charge in [-0.3, -0.25) is 0 Å². The Morgan fingerprint density at radius 3 is 2.86 bits per heavy atom. The number of aliphatic hydroxyl groups excluding tert-OH is 1. The number of hydrogen-bond acceptors (Lipinski definition) is 3. The van der Waals surface area contributed by atoms with Crippen molar-refractivity contribution in [3.63, 3.8) is 0 Å². The van der Waals surface area contributed by atoms with Crippen LogP contribution in [0.3, 0.4) is 0 Å². The standard InChI is InChI=1S/C11H15NO2/c1-14-11-4-2-3-8(9(11)7-13)10-5-6-12-10/h2-4,10,12-13H,5-7H2,1H3. The lowest BCUT2D eigenvalue weighted by atomic mass is 9.93. The second-order valence-corrected chi connectivity index (χ2v) is 3.48. The first-order valence-corrected chi connectivity index (χ1v) is 4.87. The summed E-state index contributed by atoms with van der Waals surface area (Å²) in [6, 6.07) is 6.29. The molecule has 1 aliphatic heterocycles. The topological polar surface area (TPSA) is 41.5 Å². The van der Waals surface area contributed by atoms with Crippen molar-refractivity contribution in [3.05, 3.63) is 29.3 Å². The molecule has 0 bridgehead atoms. The van der Waals surface area contributed by atoms with E-state index in [1.807, 2.05) is 18.2 Å². The fourth-order valence-electron chi connectivity index (χ4n) is 1.82. The largest absolute Gasteiger partial charge is 0.496 e. The molecule has 0 aliphatic carbocycles. The number of benzene rings is 1. The zero-order valence-electron chi connectivity index (χ0n) is 8.29. The van der Waals surface area contributed by atoms with Crippen LogP contribution in [0, 0.1) is 0 Å². The summed E-state index contributed by atoms with van der Waals surface area (Å²) in [5, 5.41) is 12.6. The lowest BCUT2D eigenvalue weighted by Crippen LogP contribution is -2.35. The Kier molecular flexibility index (Phi) is 2.70. The van der Waals surface area contributed by atoms with Gasteiger partial charge in [0.15, 0.2) is 0 Å². The van der Waals surface area contributed by atoms with Gasteiger partial charge in [0, 0.05) is 11.6 Å². The van der Waals surface area contributed by atoms with Crippen molar-refractivity contribution < 1.29 is 9.84 Å². The van der Waals surface area contributed by atoms with E-state index in [0.29, 0.717) is 6.04 Å². The molecule has 3 nitrogen and oxygen atoms in total. The molecular weight excluding hydrogens is 178 g/mol. The van der Waals surface area contributed by atoms with Crippen LogP contribution in [0.15, 0.2) is 18.2 Å². The van der Waals surface area contributed by atoms with Crippen molar-refractivity contribution in [2.24, 2.45) is 0 Å². The maximum absolute atomic E-state index is 9.29. The fourth-order valence-corrected chi connectivity index (χ4v) is 1.82. The zero-order valence-corrected chi connectivity index (χ0v) is 8.29. The van der Waals surface area contributed by atoms with E-state index in [1.165, 1.54) is 0 Å². The van der Waals surface area contributed by atoms with E-state index in [0.717, 1.165) is 29.8 Å². The Balaban J connectivity index is 2.36. The summed E-state index contributed by atoms with van der Waals surface area (Å²) in [6.07, 6.45) is 1.14. The molecule has 0 saturated carbocycles. The molecule has 2 rings (SSSR count). The molecule has 0 amide bonds. The van der Waals surface area contributed by atoms with Crippen molar-refractivity contribution >= 4 is 0 Å². The van der Waals surface area contributed by atoms with Crippen molar-refractivity contribution in [1.29, 1.82) is 0 Å². The number of nitrogens with one attached hydrogen (secondary N) is 1. The highest BCUT2D eigenvalue weighted by molar-refractivity contribution is 5.42. The van der Waals surface area contributed by atoms with Crippen molar-refractivity contribution in [2.75, 3.05) is 13.7 Å². The zero-order chi connectivity index (χ0) is 9.97. The fraction of sp³-hybridized carbons (Fsp3) is 0.455. The molecule has 3 heteroatoms. The lowest BCUT2D eigenvalue weighted by molar-refractivity contribution is 0.267. The normalized spacial score (nSPS) is 20.3. The van der Waals surface area contributed by atoms with Gasteiger partial charge in [0.2, 0.25) is 0 Å². The highest BCUT2D eigenvalue weighted by Gasteiger charge is 2.22. The third-order valence-electron chi connectivity index (χ3n) is 2.75. The number of ether oxygens (including phenoxy) is 1. The van der Waals surface area contributed by atoms with Gasteiger partial charge in [-0.1, -0.05) is 12.1 Å². The van der Waals surface area contributed by atoms with Crippen molar-refractivity contribution in [3.8, 4) is 5.75 Å². The van der Waals surface area contributed by atoms with Gasteiger partial charge >= 0.3 is 0 Å². The van der Waals surface area contributed by atoms with Gasteiger partial charge in [-0.05, 0) is 24.6 Å². The van der Waals surface area contributed by atoms with Crippen LogP contribution < -0.4 is 10.1 Å². The van der Waals surface area contributed by atoms with Crippen LogP contribution in [0.1, 0.15) is 23.6 Å². The third kappa shape index (κ3) is 1.49. The molecule has 1 aromatic carbocycles. The number of methoxy groups -OCH3 is 1. The quantitative estimate of drug-likeness (QED) is 0.758. The maximum Gasteiger partial charge on any atom is 0.124 e. The Morgan fingerprint density at radius 2 is 2.36 bits per heavy atom. The van der Waals surface area contributed by atoms with E-state index in [2.05, 4.69) is 5.32 Å². The minimum Gasteiger partial charge on any atom is -0.496 e. The van der Waals surface area contributed by atoms with E-state index < -0.39 is 0 Å². The van der Waals surface area contributed by atoms with Crippen molar-refractivity contribution in [2.45, 2.75) is 19.1 Å². The van der Waals surface area contributed by atoms with Crippen molar-refractivity contribution in [1.82, 2.24) is 5.32 Å². The first-order chi connectivity index (χ1) is 6.86. The molecule has 1 unspecified atom stereocenters. The summed E-state index contributed by atoms with van der Waals surface area (Å²) < 4.78 is 5.21. The van der Waals surface area contributed by atoms with E-state index in [9.17, 15) is 5.11 Å². The maximum atomic E-state index is 9.29. The van der Waals surface area contributed by atoms with Crippen LogP contribution >= 0.6 is 0 Å². The van der Waals surface area contributed by atoms with Crippen LogP contribution in [-0.2, 0) is 6.61 Å². The van der Waals surface area contributed by atoms with Gasteiger partial charge in [-0.2, -0.15) is 0 Å². The monoisotopic (exact) mass is 193 g/mol. The molecule has 1 atom stereocenters. The molecule has 0 spiro atoms. The molecule has 1 fully saturated rings. The average Bonchev–Trinajstić information content (AvgIpc) is 2.15. The predicted molar refractivity (Wildman–Crippen MR) is 54.3 cm³/mol. The summed E-state index contributed by atoms with van der Waals surface area (Å²) in [5.74, 6) is 0.777. The molecule has 76 valence electrons. The van der Waals surface area contributed by atoms with Gasteiger partial charge in [0.05, 0.1) is 13.7 Å². The van der Waals surface area contributed by atoms with E-state index in [-0.39, 0.29) is 6.61 Å². The summed E-state index contributed by atoms with van der Waals surface area (Å²) in [7, 11) is 1.63. The van der Waals surface area contributed by atoms with Crippen LogP contribution in [0.2, 0.25) is 0 Å². The van der Waals surface area contributed by atoms with Gasteiger partial charge in [0.25, 0.3) is 0 Å². The highest BCUT2D eigenvalue weighted by Crippen LogP contribution is 2.31. The Hall–Kier alpha value is -1.06. The Labute approximate surface area is 83.7 Å². The van der Waals surface area contributed by atoms with Gasteiger partial charge < -0.3 is 15.2 Å². The number of aliphatic hydroxyl groups is 1. The molecule has 1 aliphatic rings. The van der Waals surface area contributed by atoms with E-state index in [1.54, 1.807) is 7.11 Å². The molecule has 0 radical (unpaired) electrons. The van der Waals surface area contributed by atoms with E-state index >= 15 is 0 Å². The minimum absolute atomic E-state index is 0.0392. The molecule has 1 heterocycles. The summed E-state index contributed by atoms with van der Waals surface area (Å²) in [5.41, 5.74) is 2.07. The summed E-state index contributed by atoms with van der Waals surface area (Å²) in [4.78, 5) is 0. The van der Waals surface area contributed by atoms with Gasteiger partial charge in [0.1, 0.15) is 5.75 Å². The number of rotatable bonds is 3. The number of hydrogen-bond donors (Lipinski definition) is 2. The average molecular weight is 193 g/mol. The minimum atomic E-state index is 0.0392. The first kappa shape index (κ1) is 9.49. The SMILES string of the molecule is COc1cccc(C2CCN2)c1CO. The van der Waals surface area contributed by atoms with Gasteiger partial charge in [-0.25, -0.2) is 0 Å². The molecule has 1 aromatic rings. The van der Waals surface area contributed by atoms with Crippen LogP contribution in [0.5, 0.6) is 5.75 Å². The second-order valence-electron chi connectivity index (χ2n) is 3.48. The molecular formula is C11H15NO2. The highest BCUT2D eigenvalue weighted by atomic mass is 16.5. The van der Waals surface area contributed by atoms with Crippen LogP contribution in [-0.4, -0.2) is 18.8 Å². The predicted octanol–water partition coefficient (Wildman–Crippen LogP) is 1.22. The molecule has 1 saturated heterocycles. The van der Waals surface area contributed by atoms with Gasteiger partial charge in [-0.15, -0.1) is 0 Å². The van der Waals surface area contributed by atoms with Crippen LogP contribution in [0.25, 0.3) is 0 Å². The van der Waals surface area contributed by atoms with E-state index in [4.69, 9.17) is 4.74 Å². The van der Waals surface area contributed by atoms with Crippen LogP contribution in [0.4, 0.5) is 0 Å². The summed E-state index contributed by atoms with van der Waals surface area (Å²) >= 11 is 0. The second kappa shape index (κ2) is 3.98. The molecule has 0 aromatic heterocycles.